The molecule has 3 N–H and O–H groups in total. The highest BCUT2D eigenvalue weighted by Crippen LogP contribution is 2.23. The van der Waals surface area contributed by atoms with Gasteiger partial charge in [0, 0.05) is 11.6 Å². The Kier molecular flexibility index (Phi) is 2.22. The Hall–Kier alpha value is -1.60. The van der Waals surface area contributed by atoms with Crippen LogP contribution in [0.2, 0.25) is 0 Å². The summed E-state index contributed by atoms with van der Waals surface area (Å²) in [6.45, 7) is 1.41. The van der Waals surface area contributed by atoms with E-state index in [1.165, 1.54) is 19.1 Å². The Morgan fingerprint density at radius 3 is 2.69 bits per heavy atom. The molecule has 13 heavy (non-hydrogen) atoms. The Bertz CT molecular complexity index is 368. The predicted molar refractivity (Wildman–Crippen MR) is 45.2 cm³/mol. The molecule has 1 rings (SSSR count). The molecule has 0 saturated heterocycles. The van der Waals surface area contributed by atoms with Crippen LogP contribution in [0.3, 0.4) is 0 Å². The summed E-state index contributed by atoms with van der Waals surface area (Å²) in [6.07, 6.45) is 0. The van der Waals surface area contributed by atoms with Crippen molar-refractivity contribution < 1.29 is 9.50 Å². The van der Waals surface area contributed by atoms with Crippen molar-refractivity contribution in [1.82, 2.24) is 0 Å². The van der Waals surface area contributed by atoms with Crippen LogP contribution in [0.1, 0.15) is 12.5 Å². The first-order chi connectivity index (χ1) is 5.97. The SMILES string of the molecule is CC(N)(C#N)c1ccc(O)cc1F. The second-order valence-corrected chi connectivity index (χ2v) is 2.98. The standard InChI is InChI=1S/C9H9FN2O/c1-9(12,5-11)7-3-2-6(13)4-8(7)10/h2-4,13H,12H2,1H3. The summed E-state index contributed by atoms with van der Waals surface area (Å²) in [5, 5.41) is 17.5. The molecular weight excluding hydrogens is 171 g/mol. The number of nitriles is 1. The number of nitrogens with two attached hydrogens (primary N) is 1. The van der Waals surface area contributed by atoms with Gasteiger partial charge >= 0.3 is 0 Å². The molecule has 0 aliphatic carbocycles. The van der Waals surface area contributed by atoms with Crippen molar-refractivity contribution in [2.24, 2.45) is 5.73 Å². The molecule has 0 aliphatic heterocycles. The smallest absolute Gasteiger partial charge is 0.133 e. The number of phenols is 1. The number of phenolic OH excluding ortho intramolecular Hbond substituents is 1. The van der Waals surface area contributed by atoms with Gasteiger partial charge in [0.05, 0.1) is 6.07 Å². The van der Waals surface area contributed by atoms with Crippen LogP contribution >= 0.6 is 0 Å². The lowest BCUT2D eigenvalue weighted by Gasteiger charge is -2.16. The molecule has 0 aromatic heterocycles. The molecule has 68 valence electrons. The van der Waals surface area contributed by atoms with Crippen LogP contribution < -0.4 is 5.73 Å². The zero-order valence-corrected chi connectivity index (χ0v) is 7.08. The lowest BCUT2D eigenvalue weighted by molar-refractivity contribution is 0.464. The lowest BCUT2D eigenvalue weighted by atomic mass is 9.94. The molecule has 0 aliphatic rings. The van der Waals surface area contributed by atoms with E-state index in [1.807, 2.05) is 0 Å². The fourth-order valence-electron chi connectivity index (χ4n) is 0.985. The zero-order chi connectivity index (χ0) is 10.1. The van der Waals surface area contributed by atoms with Crippen molar-refractivity contribution in [2.75, 3.05) is 0 Å². The molecule has 1 aromatic rings. The lowest BCUT2D eigenvalue weighted by Crippen LogP contribution is -2.31. The van der Waals surface area contributed by atoms with Crippen LogP contribution in [0.25, 0.3) is 0 Å². The van der Waals surface area contributed by atoms with Crippen LogP contribution in [0.4, 0.5) is 4.39 Å². The Balaban J connectivity index is 3.26. The Morgan fingerprint density at radius 1 is 1.62 bits per heavy atom. The quantitative estimate of drug-likeness (QED) is 0.682. The molecule has 3 nitrogen and oxygen atoms in total. The number of halogens is 1. The third-order valence-corrected chi connectivity index (χ3v) is 1.74. The highest BCUT2D eigenvalue weighted by atomic mass is 19.1. The second kappa shape index (κ2) is 3.04. The Labute approximate surface area is 75.2 Å². The minimum absolute atomic E-state index is 0.0767. The van der Waals surface area contributed by atoms with E-state index in [2.05, 4.69) is 0 Å². The molecule has 0 heterocycles. The summed E-state index contributed by atoms with van der Waals surface area (Å²) in [5.74, 6) is -0.860. The molecule has 1 atom stereocenters. The summed E-state index contributed by atoms with van der Waals surface area (Å²) >= 11 is 0. The van der Waals surface area contributed by atoms with Gasteiger partial charge in [-0.25, -0.2) is 4.39 Å². The fraction of sp³-hybridized carbons (Fsp3) is 0.222. The molecule has 0 amide bonds. The molecule has 0 radical (unpaired) electrons. The average molecular weight is 180 g/mol. The minimum Gasteiger partial charge on any atom is -0.508 e. The van der Waals surface area contributed by atoms with Gasteiger partial charge in [0.25, 0.3) is 0 Å². The van der Waals surface area contributed by atoms with Gasteiger partial charge < -0.3 is 10.8 Å². The van der Waals surface area contributed by atoms with Crippen LogP contribution in [0.5, 0.6) is 5.75 Å². The summed E-state index contributed by atoms with van der Waals surface area (Å²) in [5.41, 5.74) is 4.22. The van der Waals surface area contributed by atoms with E-state index in [-0.39, 0.29) is 11.3 Å². The highest BCUT2D eigenvalue weighted by molar-refractivity contribution is 5.35. The fourth-order valence-corrected chi connectivity index (χ4v) is 0.985. The van der Waals surface area contributed by atoms with Gasteiger partial charge in [-0.2, -0.15) is 5.26 Å². The molecule has 4 heteroatoms. The highest BCUT2D eigenvalue weighted by Gasteiger charge is 2.24. The third-order valence-electron chi connectivity index (χ3n) is 1.74. The van der Waals surface area contributed by atoms with Crippen LogP contribution in [0, 0.1) is 17.1 Å². The van der Waals surface area contributed by atoms with Gasteiger partial charge in [-0.3, -0.25) is 0 Å². The second-order valence-electron chi connectivity index (χ2n) is 2.98. The van der Waals surface area contributed by atoms with E-state index in [1.54, 1.807) is 6.07 Å². The van der Waals surface area contributed by atoms with Crippen molar-refractivity contribution >= 4 is 0 Å². The first-order valence-corrected chi connectivity index (χ1v) is 3.66. The van der Waals surface area contributed by atoms with Crippen LogP contribution in [-0.2, 0) is 5.54 Å². The average Bonchev–Trinajstić information content (AvgIpc) is 2.03. The maximum atomic E-state index is 13.1. The summed E-state index contributed by atoms with van der Waals surface area (Å²) in [6, 6.07) is 5.29. The summed E-state index contributed by atoms with van der Waals surface area (Å²) in [7, 11) is 0. The van der Waals surface area contributed by atoms with E-state index in [0.717, 1.165) is 6.07 Å². The number of benzene rings is 1. The summed E-state index contributed by atoms with van der Waals surface area (Å²) < 4.78 is 13.1. The largest absolute Gasteiger partial charge is 0.508 e. The topological polar surface area (TPSA) is 70.0 Å². The maximum Gasteiger partial charge on any atom is 0.133 e. The molecule has 0 spiro atoms. The van der Waals surface area contributed by atoms with Gasteiger partial charge in [-0.15, -0.1) is 0 Å². The Morgan fingerprint density at radius 2 is 2.23 bits per heavy atom. The minimum atomic E-state index is -1.36. The first kappa shape index (κ1) is 9.49. The van der Waals surface area contributed by atoms with Crippen LogP contribution in [0.15, 0.2) is 18.2 Å². The third kappa shape index (κ3) is 1.76. The van der Waals surface area contributed by atoms with Crippen molar-refractivity contribution in [2.45, 2.75) is 12.5 Å². The molecule has 0 bridgehead atoms. The van der Waals surface area contributed by atoms with E-state index in [0.29, 0.717) is 0 Å². The van der Waals surface area contributed by atoms with Gasteiger partial charge in [0.1, 0.15) is 17.1 Å². The van der Waals surface area contributed by atoms with Gasteiger partial charge in [0.2, 0.25) is 0 Å². The summed E-state index contributed by atoms with van der Waals surface area (Å²) in [4.78, 5) is 0. The number of aromatic hydroxyl groups is 1. The van der Waals surface area contributed by atoms with Gasteiger partial charge in [-0.05, 0) is 19.1 Å². The molecular formula is C9H9FN2O. The monoisotopic (exact) mass is 180 g/mol. The predicted octanol–water partition coefficient (Wildman–Crippen LogP) is 1.23. The first-order valence-electron chi connectivity index (χ1n) is 3.66. The van der Waals surface area contributed by atoms with E-state index in [4.69, 9.17) is 16.1 Å². The number of rotatable bonds is 1. The number of hydrogen-bond acceptors (Lipinski definition) is 3. The van der Waals surface area contributed by atoms with Crippen molar-refractivity contribution in [3.05, 3.63) is 29.6 Å². The number of hydrogen-bond donors (Lipinski definition) is 2. The molecule has 0 fully saturated rings. The molecule has 1 unspecified atom stereocenters. The van der Waals surface area contributed by atoms with Crippen molar-refractivity contribution in [3.63, 3.8) is 0 Å². The van der Waals surface area contributed by atoms with E-state index >= 15 is 0 Å². The molecule has 0 saturated carbocycles. The number of nitrogens with zero attached hydrogens (tertiary/aromatic N) is 1. The molecule has 1 aromatic carbocycles. The zero-order valence-electron chi connectivity index (χ0n) is 7.08. The van der Waals surface area contributed by atoms with Crippen molar-refractivity contribution in [1.29, 1.82) is 5.26 Å². The van der Waals surface area contributed by atoms with E-state index in [9.17, 15) is 4.39 Å². The maximum absolute atomic E-state index is 13.1. The van der Waals surface area contributed by atoms with Crippen molar-refractivity contribution in [3.8, 4) is 11.8 Å². The van der Waals surface area contributed by atoms with Gasteiger partial charge in [0.15, 0.2) is 0 Å². The van der Waals surface area contributed by atoms with Crippen LogP contribution in [-0.4, -0.2) is 5.11 Å². The van der Waals surface area contributed by atoms with E-state index < -0.39 is 11.4 Å². The normalized spacial score (nSPS) is 14.6. The van der Waals surface area contributed by atoms with Gasteiger partial charge in [-0.1, -0.05) is 0 Å².